The molecule has 0 rings (SSSR count). The molecular formula is C5H16ClN3. The van der Waals surface area contributed by atoms with Crippen molar-refractivity contribution in [3.05, 3.63) is 0 Å². The van der Waals surface area contributed by atoms with E-state index in [9.17, 15) is 0 Å². The second-order valence-corrected chi connectivity index (χ2v) is 1.94. The molecule has 0 bridgehead atoms. The molecule has 0 spiro atoms. The maximum absolute atomic E-state index is 5.26. The predicted molar refractivity (Wildman–Crippen MR) is 42.6 cm³/mol. The molecule has 0 saturated carbocycles. The maximum Gasteiger partial charge on any atom is 0.0114 e. The fourth-order valence-electron chi connectivity index (χ4n) is 0.405. The number of nitrogens with one attached hydrogen (secondary N) is 1. The van der Waals surface area contributed by atoms with Crippen LogP contribution >= 0.6 is 12.4 Å². The first-order valence-corrected chi connectivity index (χ1v) is 2.88. The molecule has 0 heterocycles. The molecule has 0 aliphatic rings. The first kappa shape index (κ1) is 11.9. The van der Waals surface area contributed by atoms with Crippen molar-refractivity contribution in [2.45, 2.75) is 6.42 Å². The molecule has 4 heteroatoms. The van der Waals surface area contributed by atoms with Crippen LogP contribution in [0.2, 0.25) is 0 Å². The summed E-state index contributed by atoms with van der Waals surface area (Å²) in [5.41, 5.74) is 8.36. The normalized spacial score (nSPS) is 9.33. The van der Waals surface area contributed by atoms with Gasteiger partial charge in [0.05, 0.1) is 0 Å². The number of rotatable bonds is 4. The molecule has 0 radical (unpaired) electrons. The van der Waals surface area contributed by atoms with Crippen LogP contribution in [0.5, 0.6) is 0 Å². The van der Waals surface area contributed by atoms with Crippen molar-refractivity contribution < 1.29 is 0 Å². The number of nitrogens with two attached hydrogens (primary N) is 1. The highest BCUT2D eigenvalue weighted by Crippen LogP contribution is 1.69. The minimum absolute atomic E-state index is 0. The number of hydrogen-bond donors (Lipinski definition) is 2. The van der Waals surface area contributed by atoms with Gasteiger partial charge in [-0.1, -0.05) is 0 Å². The summed E-state index contributed by atoms with van der Waals surface area (Å²) < 4.78 is 0. The van der Waals surface area contributed by atoms with Gasteiger partial charge in [-0.2, -0.15) is 0 Å². The van der Waals surface area contributed by atoms with E-state index >= 15 is 0 Å². The van der Waals surface area contributed by atoms with Crippen LogP contribution in [0.3, 0.4) is 0 Å². The van der Waals surface area contributed by atoms with E-state index in [0.29, 0.717) is 0 Å². The minimum Gasteiger partial charge on any atom is -0.330 e. The van der Waals surface area contributed by atoms with E-state index in [0.717, 1.165) is 19.5 Å². The zero-order valence-corrected chi connectivity index (χ0v) is 6.87. The fourth-order valence-corrected chi connectivity index (χ4v) is 0.405. The molecule has 0 fully saturated rings. The van der Waals surface area contributed by atoms with Crippen molar-refractivity contribution in [1.82, 2.24) is 10.4 Å². The second kappa shape index (κ2) is 8.17. The van der Waals surface area contributed by atoms with E-state index in [1.54, 1.807) is 0 Å². The van der Waals surface area contributed by atoms with Crippen LogP contribution < -0.4 is 11.2 Å². The summed E-state index contributed by atoms with van der Waals surface area (Å²) in [4.78, 5) is 0. The standard InChI is InChI=1S/C5H15N3.ClH/c1-8(2)7-5-3-4-6;/h7H,3-6H2,1-2H3;1H. The molecule has 0 atom stereocenters. The van der Waals surface area contributed by atoms with Crippen LogP contribution in [0.4, 0.5) is 0 Å². The molecule has 0 aliphatic heterocycles. The highest BCUT2D eigenvalue weighted by molar-refractivity contribution is 5.85. The van der Waals surface area contributed by atoms with E-state index < -0.39 is 0 Å². The SMILES string of the molecule is CN(C)NCCCN.Cl. The molecule has 58 valence electrons. The first-order valence-electron chi connectivity index (χ1n) is 2.88. The minimum atomic E-state index is 0. The number of halogens is 1. The topological polar surface area (TPSA) is 41.3 Å². The van der Waals surface area contributed by atoms with E-state index in [4.69, 9.17) is 5.73 Å². The summed E-state index contributed by atoms with van der Waals surface area (Å²) in [7, 11) is 3.94. The van der Waals surface area contributed by atoms with Gasteiger partial charge >= 0.3 is 0 Å². The van der Waals surface area contributed by atoms with Crippen LogP contribution in [0.1, 0.15) is 6.42 Å². The van der Waals surface area contributed by atoms with E-state index in [2.05, 4.69) is 5.43 Å². The third-order valence-corrected chi connectivity index (χ3v) is 0.809. The lowest BCUT2D eigenvalue weighted by Gasteiger charge is -2.09. The summed E-state index contributed by atoms with van der Waals surface area (Å²) in [6, 6.07) is 0. The molecule has 0 aromatic heterocycles. The van der Waals surface area contributed by atoms with Crippen molar-refractivity contribution in [2.24, 2.45) is 5.73 Å². The molecule has 3 N–H and O–H groups in total. The van der Waals surface area contributed by atoms with Crippen molar-refractivity contribution >= 4 is 12.4 Å². The third kappa shape index (κ3) is 11.6. The Hall–Kier alpha value is 0.170. The van der Waals surface area contributed by atoms with Crippen molar-refractivity contribution in [2.75, 3.05) is 27.2 Å². The van der Waals surface area contributed by atoms with Crippen LogP contribution in [-0.2, 0) is 0 Å². The smallest absolute Gasteiger partial charge is 0.0114 e. The van der Waals surface area contributed by atoms with Crippen LogP contribution in [-0.4, -0.2) is 32.2 Å². The lowest BCUT2D eigenvalue weighted by atomic mass is 10.4. The van der Waals surface area contributed by atoms with E-state index in [1.807, 2.05) is 19.1 Å². The third-order valence-electron chi connectivity index (χ3n) is 0.809. The second-order valence-electron chi connectivity index (χ2n) is 1.94. The monoisotopic (exact) mass is 153 g/mol. The van der Waals surface area contributed by atoms with Crippen molar-refractivity contribution in [3.63, 3.8) is 0 Å². The van der Waals surface area contributed by atoms with Gasteiger partial charge in [0, 0.05) is 20.6 Å². The molecule has 0 amide bonds. The Labute approximate surface area is 63.0 Å². The summed E-state index contributed by atoms with van der Waals surface area (Å²) in [5.74, 6) is 0. The Morgan fingerprint density at radius 1 is 1.44 bits per heavy atom. The zero-order chi connectivity index (χ0) is 6.41. The average Bonchev–Trinajstić information content (AvgIpc) is 1.66. The largest absolute Gasteiger partial charge is 0.330 e. The molecule has 0 aromatic rings. The van der Waals surface area contributed by atoms with Crippen molar-refractivity contribution in [1.29, 1.82) is 0 Å². The maximum atomic E-state index is 5.26. The highest BCUT2D eigenvalue weighted by Gasteiger charge is 1.83. The molecule has 9 heavy (non-hydrogen) atoms. The van der Waals surface area contributed by atoms with Crippen LogP contribution in [0, 0.1) is 0 Å². The van der Waals surface area contributed by atoms with Crippen molar-refractivity contribution in [3.8, 4) is 0 Å². The van der Waals surface area contributed by atoms with Gasteiger partial charge < -0.3 is 5.73 Å². The lowest BCUT2D eigenvalue weighted by molar-refractivity contribution is 0.289. The molecule has 0 aliphatic carbocycles. The summed E-state index contributed by atoms with van der Waals surface area (Å²) in [5, 5.41) is 1.93. The molecule has 0 aromatic carbocycles. The predicted octanol–water partition coefficient (Wildman–Crippen LogP) is -0.177. The quantitative estimate of drug-likeness (QED) is 0.435. The molecule has 0 unspecified atom stereocenters. The van der Waals surface area contributed by atoms with Gasteiger partial charge in [-0.3, -0.25) is 10.4 Å². The molecule has 3 nitrogen and oxygen atoms in total. The van der Waals surface area contributed by atoms with E-state index in [1.165, 1.54) is 0 Å². The van der Waals surface area contributed by atoms with Gasteiger partial charge in [0.15, 0.2) is 0 Å². The lowest BCUT2D eigenvalue weighted by Crippen LogP contribution is -2.31. The Morgan fingerprint density at radius 2 is 2.00 bits per heavy atom. The zero-order valence-electron chi connectivity index (χ0n) is 6.05. The number of hydrogen-bond acceptors (Lipinski definition) is 3. The summed E-state index contributed by atoms with van der Waals surface area (Å²) in [6.07, 6.45) is 1.04. The van der Waals surface area contributed by atoms with Gasteiger partial charge in [-0.15, -0.1) is 12.4 Å². The van der Waals surface area contributed by atoms with Gasteiger partial charge in [0.1, 0.15) is 0 Å². The Kier molecular flexibility index (Phi) is 10.8. The average molecular weight is 154 g/mol. The Bertz CT molecular complexity index is 49.5. The first-order chi connectivity index (χ1) is 3.77. The Morgan fingerprint density at radius 3 is 2.33 bits per heavy atom. The van der Waals surface area contributed by atoms with Crippen LogP contribution in [0.25, 0.3) is 0 Å². The fraction of sp³-hybridized carbons (Fsp3) is 1.00. The number of nitrogens with zero attached hydrogens (tertiary/aromatic N) is 1. The number of hydrazine groups is 1. The van der Waals surface area contributed by atoms with Gasteiger partial charge in [-0.25, -0.2) is 0 Å². The summed E-state index contributed by atoms with van der Waals surface area (Å²) in [6.45, 7) is 1.74. The Balaban J connectivity index is 0. The highest BCUT2D eigenvalue weighted by atomic mass is 35.5. The van der Waals surface area contributed by atoms with Crippen LogP contribution in [0.15, 0.2) is 0 Å². The molecule has 0 saturated heterocycles. The molecular weight excluding hydrogens is 138 g/mol. The van der Waals surface area contributed by atoms with Gasteiger partial charge in [0.25, 0.3) is 0 Å². The van der Waals surface area contributed by atoms with Gasteiger partial charge in [-0.05, 0) is 13.0 Å². The van der Waals surface area contributed by atoms with Gasteiger partial charge in [0.2, 0.25) is 0 Å². The van der Waals surface area contributed by atoms with E-state index in [-0.39, 0.29) is 12.4 Å². The summed E-state index contributed by atoms with van der Waals surface area (Å²) >= 11 is 0.